The molecule has 1 aliphatic rings. The minimum Gasteiger partial charge on any atom is -0.507 e. The second-order valence-electron chi connectivity index (χ2n) is 5.25. The number of rotatable bonds is 3. The molecular formula is C18H12Cl2O5. The van der Waals surface area contributed by atoms with Gasteiger partial charge in [-0.15, -0.1) is 0 Å². The number of benzene rings is 2. The Bertz CT molecular complexity index is 887. The topological polar surface area (TPSA) is 72.8 Å². The number of ether oxygens (including phenoxy) is 2. The lowest BCUT2D eigenvalue weighted by atomic mass is 9.96. The van der Waals surface area contributed by atoms with E-state index in [0.29, 0.717) is 16.9 Å². The molecular weight excluding hydrogens is 367 g/mol. The van der Waals surface area contributed by atoms with Crippen LogP contribution in [0.15, 0.2) is 48.0 Å². The van der Waals surface area contributed by atoms with E-state index in [1.54, 1.807) is 42.5 Å². The van der Waals surface area contributed by atoms with Gasteiger partial charge < -0.3 is 14.6 Å². The number of hydrogen-bond donors (Lipinski definition) is 1. The molecule has 0 amide bonds. The summed E-state index contributed by atoms with van der Waals surface area (Å²) in [4.78, 5) is 24.0. The Balaban J connectivity index is 2.13. The smallest absolute Gasteiger partial charge is 0.380 e. The van der Waals surface area contributed by atoms with E-state index in [2.05, 4.69) is 0 Å². The molecule has 3 rings (SSSR count). The van der Waals surface area contributed by atoms with Gasteiger partial charge in [0, 0.05) is 11.1 Å². The van der Waals surface area contributed by atoms with Crippen molar-refractivity contribution in [2.45, 2.75) is 6.10 Å². The third-order valence-corrected chi connectivity index (χ3v) is 4.63. The molecule has 1 heterocycles. The van der Waals surface area contributed by atoms with Crippen LogP contribution in [-0.2, 0) is 14.3 Å². The van der Waals surface area contributed by atoms with Gasteiger partial charge in [-0.1, -0.05) is 35.3 Å². The number of esters is 1. The van der Waals surface area contributed by atoms with Crippen molar-refractivity contribution in [3.63, 3.8) is 0 Å². The Morgan fingerprint density at radius 3 is 2.44 bits per heavy atom. The lowest BCUT2D eigenvalue weighted by molar-refractivity contribution is -0.149. The van der Waals surface area contributed by atoms with Crippen LogP contribution in [-0.4, -0.2) is 24.0 Å². The fourth-order valence-electron chi connectivity index (χ4n) is 2.53. The van der Waals surface area contributed by atoms with Crippen molar-refractivity contribution >= 4 is 40.7 Å². The van der Waals surface area contributed by atoms with E-state index >= 15 is 0 Å². The number of aliphatic hydroxyl groups excluding tert-OH is 1. The molecule has 2 aromatic carbocycles. The third-order valence-electron chi connectivity index (χ3n) is 3.80. The number of cyclic esters (lactones) is 1. The predicted octanol–water partition coefficient (Wildman–Crippen LogP) is 4.14. The minimum absolute atomic E-state index is 0.150. The quantitative estimate of drug-likeness (QED) is 0.376. The van der Waals surface area contributed by atoms with Gasteiger partial charge in [0.2, 0.25) is 0 Å². The first-order valence-electron chi connectivity index (χ1n) is 7.20. The number of hydrogen-bond acceptors (Lipinski definition) is 5. The summed E-state index contributed by atoms with van der Waals surface area (Å²) in [7, 11) is 1.51. The van der Waals surface area contributed by atoms with Crippen LogP contribution in [0, 0.1) is 0 Å². The summed E-state index contributed by atoms with van der Waals surface area (Å²) in [6.07, 6.45) is -1.13. The maximum Gasteiger partial charge on any atom is 0.380 e. The molecule has 0 aliphatic carbocycles. The summed E-state index contributed by atoms with van der Waals surface area (Å²) >= 11 is 12.2. The number of carbonyl (C=O) groups excluding carboxylic acids is 2. The number of halogens is 2. The second-order valence-corrected chi connectivity index (χ2v) is 6.03. The van der Waals surface area contributed by atoms with Gasteiger partial charge in [0.05, 0.1) is 22.7 Å². The average Bonchev–Trinajstić information content (AvgIpc) is 2.91. The van der Waals surface area contributed by atoms with Crippen LogP contribution in [0.2, 0.25) is 10.0 Å². The van der Waals surface area contributed by atoms with Gasteiger partial charge in [0.25, 0.3) is 5.78 Å². The van der Waals surface area contributed by atoms with Crippen molar-refractivity contribution < 1.29 is 24.2 Å². The minimum atomic E-state index is -1.13. The predicted molar refractivity (Wildman–Crippen MR) is 92.8 cm³/mol. The zero-order valence-electron chi connectivity index (χ0n) is 13.0. The largest absolute Gasteiger partial charge is 0.507 e. The molecule has 0 aromatic heterocycles. The fraction of sp³-hybridized carbons (Fsp3) is 0.111. The van der Waals surface area contributed by atoms with E-state index in [9.17, 15) is 14.7 Å². The van der Waals surface area contributed by atoms with Gasteiger partial charge in [-0.3, -0.25) is 4.79 Å². The van der Waals surface area contributed by atoms with Gasteiger partial charge >= 0.3 is 5.97 Å². The summed E-state index contributed by atoms with van der Waals surface area (Å²) < 4.78 is 10.2. The lowest BCUT2D eigenvalue weighted by Gasteiger charge is -2.14. The molecule has 25 heavy (non-hydrogen) atoms. The first-order chi connectivity index (χ1) is 11.9. The second kappa shape index (κ2) is 6.78. The first kappa shape index (κ1) is 17.3. The molecule has 0 unspecified atom stereocenters. The maximum atomic E-state index is 12.2. The van der Waals surface area contributed by atoms with Crippen LogP contribution in [0.1, 0.15) is 17.2 Å². The fourth-order valence-corrected chi connectivity index (χ4v) is 2.93. The number of methoxy groups -OCH3 is 1. The highest BCUT2D eigenvalue weighted by atomic mass is 35.5. The summed E-state index contributed by atoms with van der Waals surface area (Å²) in [5.74, 6) is -1.76. The van der Waals surface area contributed by atoms with Gasteiger partial charge in [-0.2, -0.15) is 0 Å². The van der Waals surface area contributed by atoms with Crippen LogP contribution in [0.3, 0.4) is 0 Å². The van der Waals surface area contributed by atoms with Gasteiger partial charge in [-0.05, 0) is 30.3 Å². The Hall–Kier alpha value is -2.50. The Morgan fingerprint density at radius 1 is 1.12 bits per heavy atom. The summed E-state index contributed by atoms with van der Waals surface area (Å²) in [6.45, 7) is 0. The highest BCUT2D eigenvalue weighted by molar-refractivity contribution is 6.45. The Labute approximate surface area is 153 Å². The highest BCUT2D eigenvalue weighted by Crippen LogP contribution is 2.41. The lowest BCUT2D eigenvalue weighted by Crippen LogP contribution is -2.08. The zero-order valence-corrected chi connectivity index (χ0v) is 14.5. The zero-order chi connectivity index (χ0) is 18.1. The monoisotopic (exact) mass is 378 g/mol. The standard InChI is InChI=1S/C18H12Cl2O5/c1-24-10-7-5-9(6-8-10)15(21)13-16(22)18(23)25-17(13)11-3-2-4-12(19)14(11)20/h2-8,17,21H,1H3/t17-/m1/s1. The van der Waals surface area contributed by atoms with E-state index in [-0.39, 0.29) is 21.4 Å². The Kier molecular flexibility index (Phi) is 4.70. The Morgan fingerprint density at radius 2 is 1.80 bits per heavy atom. The molecule has 1 saturated heterocycles. The van der Waals surface area contributed by atoms with E-state index < -0.39 is 17.9 Å². The number of ketones is 1. The summed E-state index contributed by atoms with van der Waals surface area (Å²) in [6, 6.07) is 11.1. The first-order valence-corrected chi connectivity index (χ1v) is 7.96. The van der Waals surface area contributed by atoms with Crippen molar-refractivity contribution in [3.8, 4) is 5.75 Å². The van der Waals surface area contributed by atoms with E-state index in [0.717, 1.165) is 0 Å². The summed E-state index contributed by atoms with van der Waals surface area (Å²) in [5.41, 5.74) is 0.480. The van der Waals surface area contributed by atoms with E-state index in [4.69, 9.17) is 32.7 Å². The molecule has 1 aliphatic heterocycles. The molecule has 0 bridgehead atoms. The van der Waals surface area contributed by atoms with Crippen molar-refractivity contribution in [1.29, 1.82) is 0 Å². The maximum absolute atomic E-state index is 12.2. The molecule has 5 nitrogen and oxygen atoms in total. The molecule has 1 atom stereocenters. The van der Waals surface area contributed by atoms with Crippen LogP contribution in [0.5, 0.6) is 5.75 Å². The van der Waals surface area contributed by atoms with Crippen molar-refractivity contribution in [2.24, 2.45) is 0 Å². The van der Waals surface area contributed by atoms with Gasteiger partial charge in [0.1, 0.15) is 11.5 Å². The van der Waals surface area contributed by atoms with Crippen molar-refractivity contribution in [1.82, 2.24) is 0 Å². The number of carbonyl (C=O) groups is 2. The van der Waals surface area contributed by atoms with Gasteiger partial charge in [0.15, 0.2) is 6.10 Å². The van der Waals surface area contributed by atoms with E-state index in [1.807, 2.05) is 0 Å². The third kappa shape index (κ3) is 3.08. The molecule has 1 fully saturated rings. The van der Waals surface area contributed by atoms with Crippen molar-refractivity contribution in [3.05, 3.63) is 69.2 Å². The normalized spacial score (nSPS) is 18.9. The molecule has 0 spiro atoms. The van der Waals surface area contributed by atoms with Crippen LogP contribution in [0.25, 0.3) is 5.76 Å². The van der Waals surface area contributed by atoms with Crippen LogP contribution in [0.4, 0.5) is 0 Å². The SMILES string of the molecule is COc1ccc(C(O)=C2C(=O)C(=O)O[C@@H]2c2cccc(Cl)c2Cl)cc1. The van der Waals surface area contributed by atoms with Crippen molar-refractivity contribution in [2.75, 3.05) is 7.11 Å². The molecule has 0 saturated carbocycles. The molecule has 0 radical (unpaired) electrons. The van der Waals surface area contributed by atoms with E-state index in [1.165, 1.54) is 7.11 Å². The van der Waals surface area contributed by atoms with Crippen LogP contribution < -0.4 is 4.74 Å². The number of Topliss-reactive ketones (excluding diaryl/α,β-unsaturated/α-hetero) is 1. The number of aliphatic hydroxyl groups is 1. The molecule has 7 heteroatoms. The van der Waals surface area contributed by atoms with Gasteiger partial charge in [-0.25, -0.2) is 4.79 Å². The average molecular weight is 379 g/mol. The summed E-state index contributed by atoms with van der Waals surface area (Å²) in [5, 5.41) is 11.0. The van der Waals surface area contributed by atoms with Crippen LogP contribution >= 0.6 is 23.2 Å². The molecule has 128 valence electrons. The highest BCUT2D eigenvalue weighted by Gasteiger charge is 2.43. The molecule has 2 aromatic rings. The molecule has 1 N–H and O–H groups in total.